The molecule has 1 aliphatic carbocycles. The number of halogens is 1. The van der Waals surface area contributed by atoms with Crippen LogP contribution >= 0.6 is 0 Å². The second-order valence-electron chi connectivity index (χ2n) is 4.66. The molecule has 90 valence electrons. The summed E-state index contributed by atoms with van der Waals surface area (Å²) in [5, 5.41) is 12.6. The maximum Gasteiger partial charge on any atom is 0.201 e. The van der Waals surface area contributed by atoms with Crippen LogP contribution < -0.4 is 5.32 Å². The van der Waals surface area contributed by atoms with E-state index in [1.165, 1.54) is 12.1 Å². The number of hydrogen-bond acceptors (Lipinski definition) is 3. The molecule has 0 unspecified atom stereocenters. The molecular weight excluding hydrogens is 221 g/mol. The van der Waals surface area contributed by atoms with E-state index in [2.05, 4.69) is 15.3 Å². The van der Waals surface area contributed by atoms with Crippen LogP contribution in [-0.4, -0.2) is 27.2 Å². The van der Waals surface area contributed by atoms with Crippen LogP contribution in [0.2, 0.25) is 0 Å². The lowest BCUT2D eigenvalue weighted by molar-refractivity contribution is 0.143. The van der Waals surface area contributed by atoms with Gasteiger partial charge in [-0.05, 0) is 37.5 Å². The van der Waals surface area contributed by atoms with Crippen molar-refractivity contribution in [3.05, 3.63) is 24.0 Å². The van der Waals surface area contributed by atoms with Crippen molar-refractivity contribution in [3.63, 3.8) is 0 Å². The summed E-state index contributed by atoms with van der Waals surface area (Å²) in [6.45, 7) is 0.0956. The Labute approximate surface area is 97.9 Å². The van der Waals surface area contributed by atoms with Crippen molar-refractivity contribution < 1.29 is 9.50 Å². The second kappa shape index (κ2) is 3.70. The van der Waals surface area contributed by atoms with Gasteiger partial charge in [-0.3, -0.25) is 0 Å². The van der Waals surface area contributed by atoms with Crippen molar-refractivity contribution in [2.75, 3.05) is 11.9 Å². The predicted molar refractivity (Wildman–Crippen MR) is 63.3 cm³/mol. The summed E-state index contributed by atoms with van der Waals surface area (Å²) >= 11 is 0. The predicted octanol–water partition coefficient (Wildman–Crippen LogP) is 2.03. The molecule has 1 saturated carbocycles. The third-order valence-electron chi connectivity index (χ3n) is 3.44. The lowest BCUT2D eigenvalue weighted by Gasteiger charge is -2.40. The van der Waals surface area contributed by atoms with Gasteiger partial charge >= 0.3 is 0 Å². The van der Waals surface area contributed by atoms with Gasteiger partial charge < -0.3 is 15.4 Å². The molecular formula is C12H14FN3O. The summed E-state index contributed by atoms with van der Waals surface area (Å²) in [6.07, 6.45) is 2.99. The Balaban J connectivity index is 1.90. The molecule has 5 heteroatoms. The molecule has 1 aromatic carbocycles. The van der Waals surface area contributed by atoms with Gasteiger partial charge in [-0.2, -0.15) is 0 Å². The first-order valence-electron chi connectivity index (χ1n) is 5.75. The third kappa shape index (κ3) is 1.76. The summed E-state index contributed by atoms with van der Waals surface area (Å²) < 4.78 is 13.0. The highest BCUT2D eigenvalue weighted by Gasteiger charge is 2.36. The average Bonchev–Trinajstić information content (AvgIpc) is 2.65. The van der Waals surface area contributed by atoms with Crippen LogP contribution in [0.1, 0.15) is 19.3 Å². The minimum absolute atomic E-state index is 0.0956. The van der Waals surface area contributed by atoms with Gasteiger partial charge in [-0.15, -0.1) is 0 Å². The molecule has 0 spiro atoms. The molecule has 1 fully saturated rings. The lowest BCUT2D eigenvalue weighted by Crippen LogP contribution is -2.48. The first kappa shape index (κ1) is 10.5. The van der Waals surface area contributed by atoms with Crippen LogP contribution in [0, 0.1) is 5.82 Å². The molecule has 0 bridgehead atoms. The summed E-state index contributed by atoms with van der Waals surface area (Å²) in [7, 11) is 0. The number of hydrogen-bond donors (Lipinski definition) is 3. The molecule has 1 aliphatic rings. The zero-order chi connectivity index (χ0) is 11.9. The van der Waals surface area contributed by atoms with E-state index in [1.807, 2.05) is 0 Å². The van der Waals surface area contributed by atoms with E-state index in [4.69, 9.17) is 0 Å². The fraction of sp³-hybridized carbons (Fsp3) is 0.417. The van der Waals surface area contributed by atoms with Crippen molar-refractivity contribution in [1.82, 2.24) is 9.97 Å². The van der Waals surface area contributed by atoms with E-state index in [0.717, 1.165) is 24.8 Å². The Kier molecular flexibility index (Phi) is 2.29. The molecule has 3 rings (SSSR count). The largest absolute Gasteiger partial charge is 0.394 e. The minimum atomic E-state index is -0.284. The number of anilines is 1. The van der Waals surface area contributed by atoms with Crippen LogP contribution in [-0.2, 0) is 0 Å². The first-order valence-corrected chi connectivity index (χ1v) is 5.75. The van der Waals surface area contributed by atoms with Gasteiger partial charge in [-0.25, -0.2) is 9.37 Å². The molecule has 17 heavy (non-hydrogen) atoms. The summed E-state index contributed by atoms with van der Waals surface area (Å²) in [4.78, 5) is 7.35. The average molecular weight is 235 g/mol. The Morgan fingerprint density at radius 3 is 2.94 bits per heavy atom. The number of nitrogens with zero attached hydrogens (tertiary/aromatic N) is 1. The molecule has 0 aliphatic heterocycles. The highest BCUT2D eigenvalue weighted by molar-refractivity contribution is 5.77. The quantitative estimate of drug-likeness (QED) is 0.762. The van der Waals surface area contributed by atoms with Crippen molar-refractivity contribution in [1.29, 1.82) is 0 Å². The Morgan fingerprint density at radius 2 is 2.29 bits per heavy atom. The van der Waals surface area contributed by atoms with E-state index in [-0.39, 0.29) is 18.0 Å². The number of imidazole rings is 1. The summed E-state index contributed by atoms with van der Waals surface area (Å²) in [5.74, 6) is 0.313. The smallest absolute Gasteiger partial charge is 0.201 e. The second-order valence-corrected chi connectivity index (χ2v) is 4.66. The Hall–Kier alpha value is -1.62. The van der Waals surface area contributed by atoms with E-state index in [1.54, 1.807) is 6.07 Å². The van der Waals surface area contributed by atoms with Crippen LogP contribution in [0.25, 0.3) is 11.0 Å². The van der Waals surface area contributed by atoms with Crippen molar-refractivity contribution in [2.24, 2.45) is 0 Å². The van der Waals surface area contributed by atoms with E-state index in [9.17, 15) is 9.50 Å². The number of aromatic amines is 1. The van der Waals surface area contributed by atoms with E-state index >= 15 is 0 Å². The lowest BCUT2D eigenvalue weighted by atomic mass is 9.77. The number of H-pyrrole nitrogens is 1. The van der Waals surface area contributed by atoms with Crippen LogP contribution in [0.4, 0.5) is 10.3 Å². The Morgan fingerprint density at radius 1 is 1.47 bits per heavy atom. The highest BCUT2D eigenvalue weighted by Crippen LogP contribution is 2.34. The van der Waals surface area contributed by atoms with Gasteiger partial charge in [0.1, 0.15) is 5.82 Å². The maximum atomic E-state index is 13.0. The fourth-order valence-corrected chi connectivity index (χ4v) is 2.22. The van der Waals surface area contributed by atoms with Gasteiger partial charge in [0.2, 0.25) is 5.95 Å². The van der Waals surface area contributed by atoms with Crippen LogP contribution in [0.15, 0.2) is 18.2 Å². The zero-order valence-electron chi connectivity index (χ0n) is 9.33. The van der Waals surface area contributed by atoms with Gasteiger partial charge in [0.25, 0.3) is 0 Å². The van der Waals surface area contributed by atoms with E-state index < -0.39 is 0 Å². The minimum Gasteiger partial charge on any atom is -0.394 e. The molecule has 4 nitrogen and oxygen atoms in total. The number of nitrogens with one attached hydrogen (secondary N) is 2. The number of fused-ring (bicyclic) bond motifs is 1. The molecule has 0 amide bonds. The number of aliphatic hydroxyl groups excluding tert-OH is 1. The molecule has 2 aromatic rings. The van der Waals surface area contributed by atoms with E-state index in [0.29, 0.717) is 11.5 Å². The standard InChI is InChI=1S/C12H14FN3O/c13-8-2-3-9-10(6-8)15-11(14-9)16-12(7-17)4-1-5-12/h2-3,6,17H,1,4-5,7H2,(H2,14,15,16). The first-order chi connectivity index (χ1) is 8.21. The normalized spacial score (nSPS) is 18.0. The molecule has 1 aromatic heterocycles. The van der Waals surface area contributed by atoms with Gasteiger partial charge in [0.15, 0.2) is 0 Å². The summed E-state index contributed by atoms with van der Waals surface area (Å²) in [5.41, 5.74) is 1.15. The SMILES string of the molecule is OCC1(Nc2nc3ccc(F)cc3[nH]2)CCC1. The fourth-order valence-electron chi connectivity index (χ4n) is 2.22. The number of benzene rings is 1. The number of rotatable bonds is 3. The van der Waals surface area contributed by atoms with Crippen LogP contribution in [0.5, 0.6) is 0 Å². The summed E-state index contributed by atoms with van der Waals surface area (Å²) in [6, 6.07) is 4.44. The Bertz CT molecular complexity index is 542. The number of aliphatic hydroxyl groups is 1. The third-order valence-corrected chi connectivity index (χ3v) is 3.44. The molecule has 0 atom stereocenters. The van der Waals surface area contributed by atoms with Gasteiger partial charge in [0.05, 0.1) is 23.2 Å². The number of aromatic nitrogens is 2. The van der Waals surface area contributed by atoms with Crippen molar-refractivity contribution in [2.45, 2.75) is 24.8 Å². The zero-order valence-corrected chi connectivity index (χ0v) is 9.33. The van der Waals surface area contributed by atoms with Gasteiger partial charge in [0, 0.05) is 0 Å². The molecule has 3 N–H and O–H groups in total. The monoisotopic (exact) mass is 235 g/mol. The molecule has 0 saturated heterocycles. The van der Waals surface area contributed by atoms with Crippen molar-refractivity contribution in [3.8, 4) is 0 Å². The molecule has 0 radical (unpaired) electrons. The highest BCUT2D eigenvalue weighted by atomic mass is 19.1. The van der Waals surface area contributed by atoms with Crippen molar-refractivity contribution >= 4 is 17.0 Å². The van der Waals surface area contributed by atoms with Crippen LogP contribution in [0.3, 0.4) is 0 Å². The molecule has 1 heterocycles. The maximum absolute atomic E-state index is 13.0. The van der Waals surface area contributed by atoms with Gasteiger partial charge in [-0.1, -0.05) is 0 Å². The topological polar surface area (TPSA) is 60.9 Å².